The molecule has 178 valence electrons. The Morgan fingerprint density at radius 1 is 1.06 bits per heavy atom. The number of nitrogens with zero attached hydrogens (tertiary/aromatic N) is 1. The van der Waals surface area contributed by atoms with Crippen molar-refractivity contribution >= 4 is 18.0 Å². The lowest BCUT2D eigenvalue weighted by atomic mass is 9.98. The smallest absolute Gasteiger partial charge is 0.407 e. The number of hydrogen-bond donors (Lipinski definition) is 2. The Morgan fingerprint density at radius 3 is 2.32 bits per heavy atom. The molecule has 0 bridgehead atoms. The second-order valence-electron chi connectivity index (χ2n) is 9.58. The quantitative estimate of drug-likeness (QED) is 0.651. The summed E-state index contributed by atoms with van der Waals surface area (Å²) >= 11 is 0. The van der Waals surface area contributed by atoms with Gasteiger partial charge in [-0.15, -0.1) is 0 Å². The zero-order chi connectivity index (χ0) is 23.8. The van der Waals surface area contributed by atoms with Crippen LogP contribution >= 0.6 is 0 Å². The number of carboxylic acids is 1. The average Bonchev–Trinajstić information content (AvgIpc) is 3.49. The van der Waals surface area contributed by atoms with Gasteiger partial charge in [0.25, 0.3) is 0 Å². The number of amides is 2. The Kier molecular flexibility index (Phi) is 6.02. The minimum atomic E-state index is -0.772. The van der Waals surface area contributed by atoms with Crippen LogP contribution in [0.4, 0.5) is 4.79 Å². The molecule has 0 radical (unpaired) electrons. The average molecular weight is 463 g/mol. The normalized spacial score (nSPS) is 23.3. The number of nitrogens with one attached hydrogen (secondary N) is 1. The molecule has 2 aliphatic carbocycles. The van der Waals surface area contributed by atoms with Crippen LogP contribution in [0.2, 0.25) is 0 Å². The van der Waals surface area contributed by atoms with Crippen LogP contribution in [0.3, 0.4) is 0 Å². The molecule has 7 nitrogen and oxygen atoms in total. The van der Waals surface area contributed by atoms with Crippen LogP contribution in [0.5, 0.6) is 0 Å². The van der Waals surface area contributed by atoms with Gasteiger partial charge in [0.1, 0.15) is 12.6 Å². The van der Waals surface area contributed by atoms with Gasteiger partial charge in [-0.25, -0.2) is 4.79 Å². The number of benzene rings is 2. The second kappa shape index (κ2) is 9.12. The zero-order valence-corrected chi connectivity index (χ0v) is 19.3. The number of piperidine rings is 1. The third-order valence-electron chi connectivity index (χ3n) is 7.60. The predicted molar refractivity (Wildman–Crippen MR) is 126 cm³/mol. The Hall–Kier alpha value is -3.35. The maximum atomic E-state index is 13.2. The van der Waals surface area contributed by atoms with Gasteiger partial charge in [-0.2, -0.15) is 0 Å². The van der Waals surface area contributed by atoms with Crippen molar-refractivity contribution in [3.63, 3.8) is 0 Å². The molecule has 1 unspecified atom stereocenters. The summed E-state index contributed by atoms with van der Waals surface area (Å²) in [7, 11) is 0. The largest absolute Gasteiger partial charge is 0.481 e. The molecule has 1 saturated heterocycles. The monoisotopic (exact) mass is 462 g/mol. The maximum absolute atomic E-state index is 13.2. The number of carbonyl (C=O) groups excluding carboxylic acids is 2. The molecule has 4 atom stereocenters. The summed E-state index contributed by atoms with van der Waals surface area (Å²) in [5.41, 5.74) is 4.60. The van der Waals surface area contributed by atoms with Gasteiger partial charge in [0.15, 0.2) is 0 Å². The van der Waals surface area contributed by atoms with E-state index in [0.717, 1.165) is 28.7 Å². The lowest BCUT2D eigenvalue weighted by molar-refractivity contribution is -0.139. The minimum Gasteiger partial charge on any atom is -0.481 e. The van der Waals surface area contributed by atoms with E-state index < -0.39 is 18.1 Å². The van der Waals surface area contributed by atoms with Crippen molar-refractivity contribution < 1.29 is 24.2 Å². The molecule has 2 fully saturated rings. The second-order valence-corrected chi connectivity index (χ2v) is 9.58. The van der Waals surface area contributed by atoms with Gasteiger partial charge in [0, 0.05) is 19.0 Å². The van der Waals surface area contributed by atoms with Crippen molar-refractivity contribution in [2.75, 3.05) is 19.7 Å². The number of fused-ring (bicyclic) bond motifs is 4. The molecule has 1 saturated carbocycles. The molecule has 1 aliphatic heterocycles. The Labute approximate surface area is 199 Å². The summed E-state index contributed by atoms with van der Waals surface area (Å²) in [6, 6.07) is 15.6. The van der Waals surface area contributed by atoms with Crippen molar-refractivity contribution in [1.29, 1.82) is 0 Å². The first kappa shape index (κ1) is 22.4. The van der Waals surface area contributed by atoms with E-state index in [1.165, 1.54) is 0 Å². The van der Waals surface area contributed by atoms with Crippen molar-refractivity contribution in [3.05, 3.63) is 59.7 Å². The number of rotatable bonds is 7. The maximum Gasteiger partial charge on any atom is 0.407 e. The highest BCUT2D eigenvalue weighted by Crippen LogP contribution is 2.51. The van der Waals surface area contributed by atoms with E-state index in [9.17, 15) is 19.5 Å². The van der Waals surface area contributed by atoms with Crippen LogP contribution < -0.4 is 5.32 Å². The number of aliphatic carboxylic acids is 1. The highest BCUT2D eigenvalue weighted by Gasteiger charge is 2.57. The highest BCUT2D eigenvalue weighted by atomic mass is 16.5. The zero-order valence-electron chi connectivity index (χ0n) is 19.3. The number of hydrogen-bond acceptors (Lipinski definition) is 4. The van der Waals surface area contributed by atoms with Crippen LogP contribution in [0.25, 0.3) is 11.1 Å². The Bertz CT molecular complexity index is 1070. The van der Waals surface area contributed by atoms with Gasteiger partial charge in [-0.05, 0) is 46.9 Å². The molecule has 2 aromatic carbocycles. The van der Waals surface area contributed by atoms with Crippen molar-refractivity contribution in [2.45, 2.75) is 38.1 Å². The van der Waals surface area contributed by atoms with Gasteiger partial charge in [-0.1, -0.05) is 61.9 Å². The molecule has 5 rings (SSSR count). The van der Waals surface area contributed by atoms with Crippen LogP contribution in [-0.2, 0) is 14.3 Å². The van der Waals surface area contributed by atoms with Crippen LogP contribution in [0.1, 0.15) is 43.2 Å². The van der Waals surface area contributed by atoms with E-state index in [2.05, 4.69) is 29.6 Å². The predicted octanol–water partition coefficient (Wildman–Crippen LogP) is 3.87. The molecule has 34 heavy (non-hydrogen) atoms. The first-order valence-electron chi connectivity index (χ1n) is 12.1. The number of ether oxygens (including phenoxy) is 1. The van der Waals surface area contributed by atoms with Gasteiger partial charge in [0.2, 0.25) is 5.91 Å². The molecular formula is C27H30N2O5. The molecule has 0 aromatic heterocycles. The summed E-state index contributed by atoms with van der Waals surface area (Å²) in [5.74, 6) is -1.08. The standard InChI is InChI=1S/C27H30N2O5/c1-2-7-23(25(30)29-13-12-20-21(14-29)24(20)26(31)32)28-27(33)34-15-22-18-10-5-3-8-16(18)17-9-4-6-11-19(17)22/h3-6,8-11,20-24H,2,7,12-15H2,1H3,(H,28,33)(H,31,32)/t20-,21+,23+,24?/m0/s1. The molecule has 7 heteroatoms. The lowest BCUT2D eigenvalue weighted by Gasteiger charge is -2.30. The lowest BCUT2D eigenvalue weighted by Crippen LogP contribution is -2.50. The number of carbonyl (C=O) groups is 3. The van der Waals surface area contributed by atoms with Gasteiger partial charge in [0.05, 0.1) is 5.92 Å². The van der Waals surface area contributed by atoms with E-state index in [0.29, 0.717) is 25.9 Å². The van der Waals surface area contributed by atoms with E-state index in [1.54, 1.807) is 4.90 Å². The first-order chi connectivity index (χ1) is 16.5. The molecule has 3 aliphatic rings. The SMILES string of the molecule is CCC[C@@H](NC(=O)OCC1c2ccccc2-c2ccccc21)C(=O)N1CC[C@@H]2C(C(=O)O)[C@@H]2C1. The van der Waals surface area contributed by atoms with Crippen LogP contribution in [0, 0.1) is 17.8 Å². The molecule has 1 heterocycles. The van der Waals surface area contributed by atoms with E-state index >= 15 is 0 Å². The first-order valence-corrected chi connectivity index (χ1v) is 12.1. The van der Waals surface area contributed by atoms with Crippen molar-refractivity contribution in [1.82, 2.24) is 10.2 Å². The number of likely N-dealkylation sites (tertiary alicyclic amines) is 1. The van der Waals surface area contributed by atoms with Crippen LogP contribution in [-0.4, -0.2) is 53.7 Å². The van der Waals surface area contributed by atoms with Gasteiger partial charge < -0.3 is 20.1 Å². The molecule has 0 spiro atoms. The highest BCUT2D eigenvalue weighted by molar-refractivity contribution is 5.86. The topological polar surface area (TPSA) is 95.9 Å². The summed E-state index contributed by atoms with van der Waals surface area (Å²) in [6.45, 7) is 3.15. The molecular weight excluding hydrogens is 432 g/mol. The van der Waals surface area contributed by atoms with Crippen molar-refractivity contribution in [3.8, 4) is 11.1 Å². The van der Waals surface area contributed by atoms with E-state index in [1.807, 2.05) is 31.2 Å². The summed E-state index contributed by atoms with van der Waals surface area (Å²) < 4.78 is 5.63. The Balaban J connectivity index is 1.21. The molecule has 2 N–H and O–H groups in total. The van der Waals surface area contributed by atoms with E-state index in [4.69, 9.17) is 4.74 Å². The van der Waals surface area contributed by atoms with E-state index in [-0.39, 0.29) is 36.2 Å². The van der Waals surface area contributed by atoms with Crippen molar-refractivity contribution in [2.24, 2.45) is 17.8 Å². The summed E-state index contributed by atoms with van der Waals surface area (Å²) in [5, 5.41) is 12.1. The molecule has 2 aromatic rings. The fourth-order valence-electron chi connectivity index (χ4n) is 5.85. The Morgan fingerprint density at radius 2 is 1.71 bits per heavy atom. The third kappa shape index (κ3) is 4.04. The summed E-state index contributed by atoms with van der Waals surface area (Å²) in [4.78, 5) is 38.9. The number of carboxylic acid groups (broad SMARTS) is 1. The van der Waals surface area contributed by atoms with Crippen LogP contribution in [0.15, 0.2) is 48.5 Å². The third-order valence-corrected chi connectivity index (χ3v) is 7.60. The summed E-state index contributed by atoms with van der Waals surface area (Å²) in [6.07, 6.45) is 1.35. The van der Waals surface area contributed by atoms with Gasteiger partial charge in [-0.3, -0.25) is 9.59 Å². The fourth-order valence-corrected chi connectivity index (χ4v) is 5.85. The molecule has 2 amide bonds. The fraction of sp³-hybridized carbons (Fsp3) is 0.444. The number of alkyl carbamates (subject to hydrolysis) is 1. The van der Waals surface area contributed by atoms with Gasteiger partial charge >= 0.3 is 12.1 Å². The minimum absolute atomic E-state index is 0.0342.